The predicted octanol–water partition coefficient (Wildman–Crippen LogP) is 3.33. The van der Waals surface area contributed by atoms with Crippen LogP contribution in [0.4, 0.5) is 0 Å². The number of likely N-dealkylation sites (tertiary alicyclic amines) is 1. The fourth-order valence-corrected chi connectivity index (χ4v) is 3.06. The first-order valence-electron chi connectivity index (χ1n) is 7.00. The van der Waals surface area contributed by atoms with Crippen LogP contribution in [0.1, 0.15) is 25.8 Å². The highest BCUT2D eigenvalue weighted by Crippen LogP contribution is 2.32. The van der Waals surface area contributed by atoms with Gasteiger partial charge in [-0.3, -0.25) is 4.90 Å². The topological polar surface area (TPSA) is 38.5 Å². The maximum Gasteiger partial charge on any atom is 0.142 e. The van der Waals surface area contributed by atoms with Gasteiger partial charge in [0.15, 0.2) is 0 Å². The van der Waals surface area contributed by atoms with Crippen molar-refractivity contribution in [1.82, 2.24) is 4.90 Å². The van der Waals surface area contributed by atoms with E-state index in [2.05, 4.69) is 17.9 Å². The van der Waals surface area contributed by atoms with E-state index in [9.17, 15) is 0 Å². The van der Waals surface area contributed by atoms with Gasteiger partial charge >= 0.3 is 0 Å². The van der Waals surface area contributed by atoms with Crippen molar-refractivity contribution in [3.8, 4) is 5.75 Å². The molecule has 114 valence electrons. The van der Waals surface area contributed by atoms with Crippen LogP contribution in [0.25, 0.3) is 0 Å². The molecule has 0 radical (unpaired) electrons. The van der Waals surface area contributed by atoms with Crippen molar-refractivity contribution in [2.75, 3.05) is 19.7 Å². The van der Waals surface area contributed by atoms with Gasteiger partial charge < -0.3 is 10.5 Å². The Kier molecular flexibility index (Phi) is 7.10. The summed E-state index contributed by atoms with van der Waals surface area (Å²) in [5.41, 5.74) is 6.95. The van der Waals surface area contributed by atoms with E-state index < -0.39 is 0 Å². The van der Waals surface area contributed by atoms with Gasteiger partial charge in [-0.2, -0.15) is 0 Å². The molecular formula is C15H24Cl2N2O. The Labute approximate surface area is 132 Å². The molecule has 1 aromatic rings. The Hall–Kier alpha value is -0.480. The number of para-hydroxylation sites is 1. The first-order chi connectivity index (χ1) is 9.15. The van der Waals surface area contributed by atoms with Crippen LogP contribution in [0, 0.1) is 5.92 Å². The summed E-state index contributed by atoms with van der Waals surface area (Å²) in [4.78, 5) is 2.46. The van der Waals surface area contributed by atoms with Gasteiger partial charge in [0.1, 0.15) is 5.75 Å². The molecule has 2 rings (SSSR count). The largest absolute Gasteiger partial charge is 0.492 e. The molecule has 1 aromatic carbocycles. The highest BCUT2D eigenvalue weighted by atomic mass is 35.5. The van der Waals surface area contributed by atoms with Crippen molar-refractivity contribution in [3.05, 3.63) is 28.8 Å². The molecule has 2 unspecified atom stereocenters. The van der Waals surface area contributed by atoms with E-state index in [4.69, 9.17) is 22.1 Å². The molecule has 1 saturated heterocycles. The molecule has 2 N–H and O–H groups in total. The molecule has 1 heterocycles. The average Bonchev–Trinajstić information content (AvgIpc) is 2.74. The minimum absolute atomic E-state index is 0. The summed E-state index contributed by atoms with van der Waals surface area (Å²) in [5, 5.41) is 0.696. The van der Waals surface area contributed by atoms with Crippen LogP contribution in [-0.2, 0) is 6.54 Å². The summed E-state index contributed by atoms with van der Waals surface area (Å²) in [6.45, 7) is 7.60. The number of ether oxygens (including phenoxy) is 1. The van der Waals surface area contributed by atoms with E-state index in [1.807, 2.05) is 19.1 Å². The van der Waals surface area contributed by atoms with Gasteiger partial charge in [0.05, 0.1) is 11.6 Å². The zero-order valence-electron chi connectivity index (χ0n) is 12.1. The third kappa shape index (κ3) is 4.01. The second kappa shape index (κ2) is 8.08. The number of hydrogen-bond acceptors (Lipinski definition) is 3. The number of benzene rings is 1. The Morgan fingerprint density at radius 1 is 1.45 bits per heavy atom. The molecule has 1 fully saturated rings. The number of nitrogens with zero attached hydrogens (tertiary/aromatic N) is 1. The molecule has 0 amide bonds. The lowest BCUT2D eigenvalue weighted by atomic mass is 10.1. The minimum atomic E-state index is 0. The van der Waals surface area contributed by atoms with Crippen molar-refractivity contribution in [3.63, 3.8) is 0 Å². The average molecular weight is 319 g/mol. The fraction of sp³-hybridized carbons (Fsp3) is 0.600. The summed E-state index contributed by atoms with van der Waals surface area (Å²) >= 11 is 6.22. The molecule has 0 spiro atoms. The Morgan fingerprint density at radius 2 is 2.20 bits per heavy atom. The molecule has 20 heavy (non-hydrogen) atoms. The lowest BCUT2D eigenvalue weighted by molar-refractivity contribution is 0.248. The van der Waals surface area contributed by atoms with Crippen LogP contribution >= 0.6 is 24.0 Å². The van der Waals surface area contributed by atoms with E-state index in [1.165, 1.54) is 12.0 Å². The summed E-state index contributed by atoms with van der Waals surface area (Å²) in [6.07, 6.45) is 1.18. The lowest BCUT2D eigenvalue weighted by Crippen LogP contribution is -2.27. The molecule has 0 saturated carbocycles. The molecule has 0 aromatic heterocycles. The Bertz CT molecular complexity index is 428. The van der Waals surface area contributed by atoms with Crippen molar-refractivity contribution in [1.29, 1.82) is 0 Å². The number of halogens is 2. The van der Waals surface area contributed by atoms with Crippen molar-refractivity contribution in [2.24, 2.45) is 11.7 Å². The third-order valence-electron chi connectivity index (χ3n) is 3.83. The Balaban J connectivity index is 0.00000200. The van der Waals surface area contributed by atoms with Crippen LogP contribution in [0.3, 0.4) is 0 Å². The van der Waals surface area contributed by atoms with Gasteiger partial charge in [0.25, 0.3) is 0 Å². The summed E-state index contributed by atoms with van der Waals surface area (Å²) in [6, 6.07) is 6.54. The first-order valence-corrected chi connectivity index (χ1v) is 7.37. The third-order valence-corrected chi connectivity index (χ3v) is 4.13. The van der Waals surface area contributed by atoms with E-state index in [1.54, 1.807) is 0 Å². The number of rotatable bonds is 5. The molecule has 0 bridgehead atoms. The second-order valence-electron chi connectivity index (χ2n) is 5.28. The van der Waals surface area contributed by atoms with Gasteiger partial charge in [-0.25, -0.2) is 0 Å². The first kappa shape index (κ1) is 17.6. The smallest absolute Gasteiger partial charge is 0.142 e. The normalized spacial score (nSPS) is 22.6. The van der Waals surface area contributed by atoms with Crippen LogP contribution in [-0.4, -0.2) is 30.6 Å². The van der Waals surface area contributed by atoms with Gasteiger partial charge in [-0.05, 0) is 38.8 Å². The van der Waals surface area contributed by atoms with Crippen molar-refractivity contribution in [2.45, 2.75) is 32.9 Å². The van der Waals surface area contributed by atoms with Crippen molar-refractivity contribution >= 4 is 24.0 Å². The second-order valence-corrected chi connectivity index (χ2v) is 5.68. The fourth-order valence-electron chi connectivity index (χ4n) is 2.81. The highest BCUT2D eigenvalue weighted by molar-refractivity contribution is 6.32. The van der Waals surface area contributed by atoms with E-state index in [0.29, 0.717) is 23.6 Å². The lowest BCUT2D eigenvalue weighted by Gasteiger charge is -2.23. The zero-order chi connectivity index (χ0) is 13.8. The van der Waals surface area contributed by atoms with E-state index >= 15 is 0 Å². The van der Waals surface area contributed by atoms with Crippen LogP contribution in [0.15, 0.2) is 18.2 Å². The highest BCUT2D eigenvalue weighted by Gasteiger charge is 2.28. The monoisotopic (exact) mass is 318 g/mol. The van der Waals surface area contributed by atoms with Crippen LogP contribution in [0.2, 0.25) is 5.02 Å². The predicted molar refractivity (Wildman–Crippen MR) is 86.9 cm³/mol. The molecule has 1 aliphatic rings. The zero-order valence-corrected chi connectivity index (χ0v) is 13.7. The quantitative estimate of drug-likeness (QED) is 0.905. The molecule has 1 aliphatic heterocycles. The van der Waals surface area contributed by atoms with Gasteiger partial charge in [0.2, 0.25) is 0 Å². The van der Waals surface area contributed by atoms with Gasteiger partial charge in [-0.15, -0.1) is 12.4 Å². The van der Waals surface area contributed by atoms with E-state index in [-0.39, 0.29) is 12.4 Å². The van der Waals surface area contributed by atoms with E-state index in [0.717, 1.165) is 25.4 Å². The van der Waals surface area contributed by atoms with Crippen LogP contribution < -0.4 is 10.5 Å². The molecule has 0 aliphatic carbocycles. The molecule has 5 heteroatoms. The van der Waals surface area contributed by atoms with Gasteiger partial charge in [-0.1, -0.05) is 23.7 Å². The summed E-state index contributed by atoms with van der Waals surface area (Å²) in [7, 11) is 0. The van der Waals surface area contributed by atoms with Crippen LogP contribution in [0.5, 0.6) is 5.75 Å². The maximum atomic E-state index is 6.22. The molecular weight excluding hydrogens is 295 g/mol. The SMILES string of the molecule is CCOc1c(Cl)cccc1CN1CC(CN)CC1C.Cl. The number of nitrogens with two attached hydrogens (primary N) is 1. The molecule has 3 nitrogen and oxygen atoms in total. The van der Waals surface area contributed by atoms with Crippen molar-refractivity contribution < 1.29 is 4.74 Å². The molecule has 2 atom stereocenters. The van der Waals surface area contributed by atoms with Gasteiger partial charge in [0, 0.05) is 24.7 Å². The summed E-state index contributed by atoms with van der Waals surface area (Å²) < 4.78 is 5.68. The standard InChI is InChI=1S/C15H23ClN2O.ClH/c1-3-19-15-13(5-4-6-14(15)16)10-18-9-12(8-17)7-11(18)2;/h4-6,11-12H,3,7-10,17H2,1-2H3;1H. The number of hydrogen-bond donors (Lipinski definition) is 1. The summed E-state index contributed by atoms with van der Waals surface area (Å²) in [5.74, 6) is 1.44. The maximum absolute atomic E-state index is 6.22. The Morgan fingerprint density at radius 3 is 2.80 bits per heavy atom. The minimum Gasteiger partial charge on any atom is -0.492 e.